The third kappa shape index (κ3) is 1.46. The summed E-state index contributed by atoms with van der Waals surface area (Å²) in [6, 6.07) is -0.424. The summed E-state index contributed by atoms with van der Waals surface area (Å²) >= 11 is 0. The van der Waals surface area contributed by atoms with Crippen LogP contribution in [-0.2, 0) is 4.79 Å². The smallest absolute Gasteiger partial charge is 0.314 e. The van der Waals surface area contributed by atoms with Crippen LogP contribution in [0.25, 0.3) is 0 Å². The molecule has 0 unspecified atom stereocenters. The number of hydrogen-bond acceptors (Lipinski definition) is 2. The molecule has 0 radical (unpaired) electrons. The molecule has 1 aliphatic heterocycles. The van der Waals surface area contributed by atoms with Crippen LogP contribution in [-0.4, -0.2) is 29.8 Å². The predicted molar refractivity (Wildman–Crippen MR) is 35.4 cm³/mol. The molecule has 1 heterocycles. The Balaban J connectivity index is 2.40. The molecule has 0 aromatic carbocycles. The summed E-state index contributed by atoms with van der Waals surface area (Å²) in [7, 11) is 0. The van der Waals surface area contributed by atoms with Gasteiger partial charge in [-0.05, 0) is 0 Å². The van der Waals surface area contributed by atoms with Gasteiger partial charge in [0, 0.05) is 25.9 Å². The second kappa shape index (κ2) is 2.68. The van der Waals surface area contributed by atoms with E-state index in [2.05, 4.69) is 0 Å². The first-order chi connectivity index (χ1) is 4.70. The molecule has 0 aromatic rings. The predicted octanol–water partition coefficient (Wildman–Crippen LogP) is -0.270. The first-order valence-electron chi connectivity index (χ1n) is 3.26. The largest absolute Gasteiger partial charge is 0.351 e. The van der Waals surface area contributed by atoms with Gasteiger partial charge >= 0.3 is 6.03 Å². The van der Waals surface area contributed by atoms with Gasteiger partial charge in [-0.2, -0.15) is 0 Å². The molecule has 0 aromatic heterocycles. The van der Waals surface area contributed by atoms with Crippen LogP contribution in [0.2, 0.25) is 0 Å². The van der Waals surface area contributed by atoms with E-state index >= 15 is 0 Å². The van der Waals surface area contributed by atoms with Crippen LogP contribution in [0.4, 0.5) is 4.79 Å². The van der Waals surface area contributed by atoms with E-state index in [9.17, 15) is 9.59 Å². The fraction of sp³-hybridized carbons (Fsp3) is 0.667. The van der Waals surface area contributed by atoms with E-state index in [0.29, 0.717) is 25.9 Å². The van der Waals surface area contributed by atoms with Crippen molar-refractivity contribution in [3.05, 3.63) is 0 Å². The summed E-state index contributed by atoms with van der Waals surface area (Å²) in [5, 5.41) is 0. The van der Waals surface area contributed by atoms with Crippen molar-refractivity contribution in [2.24, 2.45) is 5.73 Å². The van der Waals surface area contributed by atoms with Gasteiger partial charge in [-0.3, -0.25) is 4.79 Å². The Morgan fingerprint density at radius 1 is 1.40 bits per heavy atom. The van der Waals surface area contributed by atoms with E-state index in [0.717, 1.165) is 0 Å². The van der Waals surface area contributed by atoms with Crippen molar-refractivity contribution in [2.75, 3.05) is 13.1 Å². The van der Waals surface area contributed by atoms with Crippen LogP contribution in [0.5, 0.6) is 0 Å². The molecular weight excluding hydrogens is 132 g/mol. The number of urea groups is 1. The quantitative estimate of drug-likeness (QED) is 0.506. The van der Waals surface area contributed by atoms with Gasteiger partial charge in [-0.25, -0.2) is 4.79 Å². The van der Waals surface area contributed by atoms with Crippen LogP contribution in [0, 0.1) is 0 Å². The Kier molecular flexibility index (Phi) is 1.89. The number of likely N-dealkylation sites (tertiary alicyclic amines) is 1. The number of Topliss-reactive ketones (excluding diaryl/α,β-unsaturated/α-hetero) is 1. The SMILES string of the molecule is NC(=O)N1CCC(=O)CC1. The fourth-order valence-corrected chi connectivity index (χ4v) is 0.977. The second-order valence-electron chi connectivity index (χ2n) is 2.36. The first-order valence-corrected chi connectivity index (χ1v) is 3.26. The molecule has 0 saturated carbocycles. The zero-order chi connectivity index (χ0) is 7.56. The van der Waals surface area contributed by atoms with E-state index in [-0.39, 0.29) is 5.78 Å². The summed E-state index contributed by atoms with van der Waals surface area (Å²) in [5.41, 5.74) is 4.99. The van der Waals surface area contributed by atoms with Gasteiger partial charge in [0.2, 0.25) is 0 Å². The number of ketones is 1. The van der Waals surface area contributed by atoms with Gasteiger partial charge in [-0.15, -0.1) is 0 Å². The van der Waals surface area contributed by atoms with E-state index < -0.39 is 6.03 Å². The van der Waals surface area contributed by atoms with Gasteiger partial charge in [0.1, 0.15) is 5.78 Å². The Bertz CT molecular complexity index is 157. The van der Waals surface area contributed by atoms with Crippen LogP contribution >= 0.6 is 0 Å². The zero-order valence-corrected chi connectivity index (χ0v) is 5.67. The molecule has 10 heavy (non-hydrogen) atoms. The van der Waals surface area contributed by atoms with Gasteiger partial charge in [0.15, 0.2) is 0 Å². The number of nitrogens with zero attached hydrogens (tertiary/aromatic N) is 1. The minimum absolute atomic E-state index is 0.220. The maximum atomic E-state index is 10.7. The Labute approximate surface area is 59.0 Å². The average molecular weight is 142 g/mol. The topological polar surface area (TPSA) is 63.4 Å². The third-order valence-electron chi connectivity index (χ3n) is 1.63. The highest BCUT2D eigenvalue weighted by molar-refractivity contribution is 5.82. The molecule has 2 N–H and O–H groups in total. The molecule has 0 atom stereocenters. The number of nitrogens with two attached hydrogens (primary N) is 1. The number of amides is 2. The van der Waals surface area contributed by atoms with Gasteiger partial charge in [0.25, 0.3) is 0 Å². The van der Waals surface area contributed by atoms with Gasteiger partial charge < -0.3 is 10.6 Å². The average Bonchev–Trinajstić information content (AvgIpc) is 1.88. The normalized spacial score (nSPS) is 19.2. The Morgan fingerprint density at radius 3 is 2.30 bits per heavy atom. The standard InChI is InChI=1S/C6H10N2O2/c7-6(10)8-3-1-5(9)2-4-8/h1-4H2,(H2,7,10). The molecule has 0 spiro atoms. The third-order valence-corrected chi connectivity index (χ3v) is 1.63. The van der Waals surface area contributed by atoms with Crippen molar-refractivity contribution < 1.29 is 9.59 Å². The molecule has 0 aliphatic carbocycles. The maximum absolute atomic E-state index is 10.7. The van der Waals surface area contributed by atoms with Crippen molar-refractivity contribution in [3.8, 4) is 0 Å². The number of carbonyl (C=O) groups excluding carboxylic acids is 2. The van der Waals surface area contributed by atoms with Crippen LogP contribution in [0.15, 0.2) is 0 Å². The number of primary amides is 1. The summed E-state index contributed by atoms with van der Waals surface area (Å²) in [6.45, 7) is 0.988. The minimum Gasteiger partial charge on any atom is -0.351 e. The lowest BCUT2D eigenvalue weighted by Crippen LogP contribution is -2.41. The monoisotopic (exact) mass is 142 g/mol. The molecule has 2 amide bonds. The van der Waals surface area contributed by atoms with Crippen LogP contribution < -0.4 is 5.73 Å². The molecular formula is C6H10N2O2. The van der Waals surface area contributed by atoms with Crippen molar-refractivity contribution in [1.82, 2.24) is 4.90 Å². The van der Waals surface area contributed by atoms with Gasteiger partial charge in [0.05, 0.1) is 0 Å². The fourth-order valence-electron chi connectivity index (χ4n) is 0.977. The van der Waals surface area contributed by atoms with Crippen molar-refractivity contribution in [2.45, 2.75) is 12.8 Å². The van der Waals surface area contributed by atoms with Crippen LogP contribution in [0.1, 0.15) is 12.8 Å². The Morgan fingerprint density at radius 2 is 1.90 bits per heavy atom. The number of rotatable bonds is 0. The van der Waals surface area contributed by atoms with Crippen molar-refractivity contribution in [3.63, 3.8) is 0 Å². The van der Waals surface area contributed by atoms with Crippen LogP contribution in [0.3, 0.4) is 0 Å². The lowest BCUT2D eigenvalue weighted by atomic mass is 10.1. The van der Waals surface area contributed by atoms with Gasteiger partial charge in [-0.1, -0.05) is 0 Å². The van der Waals surface area contributed by atoms with E-state index in [1.165, 1.54) is 4.90 Å². The van der Waals surface area contributed by atoms with E-state index in [1.807, 2.05) is 0 Å². The molecule has 4 heteroatoms. The molecule has 1 fully saturated rings. The molecule has 1 saturated heterocycles. The first kappa shape index (κ1) is 7.05. The number of piperidine rings is 1. The lowest BCUT2D eigenvalue weighted by Gasteiger charge is -2.23. The maximum Gasteiger partial charge on any atom is 0.314 e. The number of hydrogen-bond donors (Lipinski definition) is 1. The molecule has 0 bridgehead atoms. The molecule has 1 aliphatic rings. The minimum atomic E-state index is -0.424. The number of carbonyl (C=O) groups is 2. The molecule has 4 nitrogen and oxygen atoms in total. The van der Waals surface area contributed by atoms with Crippen molar-refractivity contribution >= 4 is 11.8 Å². The molecule has 1 rings (SSSR count). The van der Waals surface area contributed by atoms with E-state index in [1.54, 1.807) is 0 Å². The highest BCUT2D eigenvalue weighted by atomic mass is 16.2. The van der Waals surface area contributed by atoms with E-state index in [4.69, 9.17) is 5.73 Å². The second-order valence-corrected chi connectivity index (χ2v) is 2.36. The summed E-state index contributed by atoms with van der Waals surface area (Å²) < 4.78 is 0. The molecule has 56 valence electrons. The zero-order valence-electron chi connectivity index (χ0n) is 5.67. The summed E-state index contributed by atoms with van der Waals surface area (Å²) in [5.74, 6) is 0.220. The summed E-state index contributed by atoms with van der Waals surface area (Å²) in [4.78, 5) is 22.6. The Hall–Kier alpha value is -1.06. The highest BCUT2D eigenvalue weighted by Crippen LogP contribution is 2.03. The lowest BCUT2D eigenvalue weighted by molar-refractivity contribution is -0.120. The highest BCUT2D eigenvalue weighted by Gasteiger charge is 2.17. The van der Waals surface area contributed by atoms with Crippen molar-refractivity contribution in [1.29, 1.82) is 0 Å². The summed E-state index contributed by atoms with van der Waals surface area (Å²) in [6.07, 6.45) is 0.922.